The van der Waals surface area contributed by atoms with Gasteiger partial charge in [-0.25, -0.2) is 8.78 Å². The van der Waals surface area contributed by atoms with E-state index in [1.54, 1.807) is 11.9 Å². The van der Waals surface area contributed by atoms with E-state index < -0.39 is 6.43 Å². The molecule has 0 rings (SSSR count). The third-order valence-corrected chi connectivity index (χ3v) is 1.52. The quantitative estimate of drug-likeness (QED) is 0.658. The summed E-state index contributed by atoms with van der Waals surface area (Å²) in [6.07, 6.45) is -1.43. The third kappa shape index (κ3) is 6.19. The molecule has 1 atom stereocenters. The highest BCUT2D eigenvalue weighted by Gasteiger charge is 2.09. The predicted molar refractivity (Wildman–Crippen MR) is 41.8 cm³/mol. The maximum absolute atomic E-state index is 11.8. The molecule has 0 aliphatic rings. The summed E-state index contributed by atoms with van der Waals surface area (Å²) < 4.78 is 23.5. The van der Waals surface area contributed by atoms with E-state index in [1.165, 1.54) is 0 Å². The summed E-state index contributed by atoms with van der Waals surface area (Å²) in [5.41, 5.74) is 5.56. The minimum atomic E-state index is -2.26. The summed E-state index contributed by atoms with van der Waals surface area (Å²) >= 11 is 0. The summed E-state index contributed by atoms with van der Waals surface area (Å²) in [5, 5.41) is 0. The van der Waals surface area contributed by atoms with Crippen molar-refractivity contribution in [3.8, 4) is 0 Å². The summed E-state index contributed by atoms with van der Waals surface area (Å²) in [6.45, 7) is 2.30. The number of hydrogen-bond donors (Lipinski definition) is 1. The van der Waals surface area contributed by atoms with Gasteiger partial charge in [-0.3, -0.25) is 4.90 Å². The van der Waals surface area contributed by atoms with E-state index in [0.717, 1.165) is 6.42 Å². The normalized spacial score (nSPS) is 14.5. The fraction of sp³-hybridized carbons (Fsp3) is 1.00. The second-order valence-corrected chi connectivity index (χ2v) is 2.78. The van der Waals surface area contributed by atoms with Crippen molar-refractivity contribution in [2.75, 3.05) is 20.1 Å². The molecular weight excluding hydrogens is 150 g/mol. The summed E-state index contributed by atoms with van der Waals surface area (Å²) in [6, 6.07) is 0.0127. The van der Waals surface area contributed by atoms with Gasteiger partial charge in [0.2, 0.25) is 0 Å². The molecule has 0 aromatic heterocycles. The lowest BCUT2D eigenvalue weighted by Gasteiger charge is -2.19. The standard InChI is InChI=1S/C7H16F2N2/c1-3-6(10)4-11(2)5-7(8)9/h6-7H,3-5,10H2,1-2H3. The average molecular weight is 166 g/mol. The highest BCUT2D eigenvalue weighted by Crippen LogP contribution is 1.97. The Hall–Kier alpha value is -0.220. The highest BCUT2D eigenvalue weighted by molar-refractivity contribution is 4.64. The van der Waals surface area contributed by atoms with Crippen molar-refractivity contribution in [3.05, 3.63) is 0 Å². The Morgan fingerprint density at radius 2 is 1.91 bits per heavy atom. The van der Waals surface area contributed by atoms with Crippen LogP contribution in [-0.2, 0) is 0 Å². The molecule has 0 radical (unpaired) electrons. The number of hydrogen-bond acceptors (Lipinski definition) is 2. The van der Waals surface area contributed by atoms with Crippen molar-refractivity contribution in [1.82, 2.24) is 4.90 Å². The van der Waals surface area contributed by atoms with Crippen molar-refractivity contribution >= 4 is 0 Å². The Morgan fingerprint density at radius 3 is 2.27 bits per heavy atom. The summed E-state index contributed by atoms with van der Waals surface area (Å²) in [4.78, 5) is 1.55. The first-order valence-corrected chi connectivity index (χ1v) is 3.78. The van der Waals surface area contributed by atoms with Crippen LogP contribution in [0, 0.1) is 0 Å². The van der Waals surface area contributed by atoms with Crippen LogP contribution >= 0.6 is 0 Å². The molecule has 0 amide bonds. The maximum atomic E-state index is 11.8. The second kappa shape index (κ2) is 5.43. The van der Waals surface area contributed by atoms with Crippen LogP contribution in [0.4, 0.5) is 8.78 Å². The lowest BCUT2D eigenvalue weighted by atomic mass is 10.2. The number of likely N-dealkylation sites (N-methyl/N-ethyl adjacent to an activating group) is 1. The van der Waals surface area contributed by atoms with Crippen molar-refractivity contribution in [1.29, 1.82) is 0 Å². The van der Waals surface area contributed by atoms with Crippen LogP contribution < -0.4 is 5.73 Å². The van der Waals surface area contributed by atoms with Crippen LogP contribution in [0.25, 0.3) is 0 Å². The Balaban J connectivity index is 3.43. The zero-order chi connectivity index (χ0) is 8.85. The largest absolute Gasteiger partial charge is 0.327 e. The van der Waals surface area contributed by atoms with Gasteiger partial charge in [-0.1, -0.05) is 6.92 Å². The summed E-state index contributed by atoms with van der Waals surface area (Å²) in [5.74, 6) is 0. The van der Waals surface area contributed by atoms with Crippen molar-refractivity contribution < 1.29 is 8.78 Å². The van der Waals surface area contributed by atoms with Gasteiger partial charge in [0, 0.05) is 12.6 Å². The Morgan fingerprint density at radius 1 is 1.36 bits per heavy atom. The molecule has 0 saturated carbocycles. The average Bonchev–Trinajstić information content (AvgIpc) is 1.85. The van der Waals surface area contributed by atoms with Crippen LogP contribution in [0.5, 0.6) is 0 Å². The second-order valence-electron chi connectivity index (χ2n) is 2.78. The molecule has 2 N–H and O–H groups in total. The van der Waals surface area contributed by atoms with E-state index in [-0.39, 0.29) is 12.6 Å². The predicted octanol–water partition coefficient (Wildman–Crippen LogP) is 0.921. The first-order chi connectivity index (χ1) is 5.06. The lowest BCUT2D eigenvalue weighted by Crippen LogP contribution is -2.37. The van der Waals surface area contributed by atoms with Gasteiger partial charge in [-0.05, 0) is 13.5 Å². The van der Waals surface area contributed by atoms with Gasteiger partial charge < -0.3 is 5.73 Å². The molecule has 4 heteroatoms. The van der Waals surface area contributed by atoms with Crippen molar-refractivity contribution in [2.24, 2.45) is 5.73 Å². The third-order valence-electron chi connectivity index (χ3n) is 1.52. The Bertz CT molecular complexity index is 98.4. The molecule has 2 nitrogen and oxygen atoms in total. The molecule has 0 saturated heterocycles. The fourth-order valence-electron chi connectivity index (χ4n) is 0.840. The molecule has 0 bridgehead atoms. The molecule has 1 unspecified atom stereocenters. The van der Waals surface area contributed by atoms with E-state index in [0.29, 0.717) is 6.54 Å². The number of halogens is 2. The van der Waals surface area contributed by atoms with E-state index in [4.69, 9.17) is 5.73 Å². The zero-order valence-corrected chi connectivity index (χ0v) is 7.06. The first kappa shape index (κ1) is 10.8. The number of nitrogens with zero attached hydrogens (tertiary/aromatic N) is 1. The molecule has 0 aromatic rings. The smallest absolute Gasteiger partial charge is 0.251 e. The molecule has 0 spiro atoms. The molecule has 0 aliphatic carbocycles. The summed E-state index contributed by atoms with van der Waals surface area (Å²) in [7, 11) is 1.65. The molecular formula is C7H16F2N2. The monoisotopic (exact) mass is 166 g/mol. The van der Waals surface area contributed by atoms with E-state index in [1.807, 2.05) is 6.92 Å². The lowest BCUT2D eigenvalue weighted by molar-refractivity contribution is 0.0977. The van der Waals surface area contributed by atoms with E-state index in [2.05, 4.69) is 0 Å². The van der Waals surface area contributed by atoms with E-state index >= 15 is 0 Å². The topological polar surface area (TPSA) is 29.3 Å². The van der Waals surface area contributed by atoms with Gasteiger partial charge in [-0.15, -0.1) is 0 Å². The number of nitrogens with two attached hydrogens (primary N) is 1. The van der Waals surface area contributed by atoms with Gasteiger partial charge in [-0.2, -0.15) is 0 Å². The van der Waals surface area contributed by atoms with Crippen LogP contribution in [0.1, 0.15) is 13.3 Å². The molecule has 68 valence electrons. The maximum Gasteiger partial charge on any atom is 0.251 e. The van der Waals surface area contributed by atoms with Gasteiger partial charge >= 0.3 is 0 Å². The molecule has 0 heterocycles. The SMILES string of the molecule is CCC(N)CN(C)CC(F)F. The minimum absolute atomic E-state index is 0.0127. The van der Waals surface area contributed by atoms with Gasteiger partial charge in [0.25, 0.3) is 6.43 Å². The molecule has 0 aromatic carbocycles. The number of rotatable bonds is 5. The Kier molecular flexibility index (Phi) is 5.32. The molecule has 11 heavy (non-hydrogen) atoms. The van der Waals surface area contributed by atoms with Crippen molar-refractivity contribution in [3.63, 3.8) is 0 Å². The fourth-order valence-corrected chi connectivity index (χ4v) is 0.840. The zero-order valence-electron chi connectivity index (χ0n) is 7.06. The van der Waals surface area contributed by atoms with Crippen LogP contribution in [0.2, 0.25) is 0 Å². The molecule has 0 fully saturated rings. The van der Waals surface area contributed by atoms with Crippen LogP contribution in [-0.4, -0.2) is 37.5 Å². The Labute approximate surface area is 66.4 Å². The highest BCUT2D eigenvalue weighted by atomic mass is 19.3. The van der Waals surface area contributed by atoms with Crippen LogP contribution in [0.3, 0.4) is 0 Å². The van der Waals surface area contributed by atoms with Crippen molar-refractivity contribution in [2.45, 2.75) is 25.8 Å². The first-order valence-electron chi connectivity index (χ1n) is 3.78. The van der Waals surface area contributed by atoms with Crippen LogP contribution in [0.15, 0.2) is 0 Å². The minimum Gasteiger partial charge on any atom is -0.327 e. The number of alkyl halides is 2. The molecule has 0 aliphatic heterocycles. The van der Waals surface area contributed by atoms with Gasteiger partial charge in [0.1, 0.15) is 0 Å². The van der Waals surface area contributed by atoms with Gasteiger partial charge in [0.15, 0.2) is 0 Å². The van der Waals surface area contributed by atoms with Gasteiger partial charge in [0.05, 0.1) is 6.54 Å². The van der Waals surface area contributed by atoms with E-state index in [9.17, 15) is 8.78 Å².